The number of aldehydes is 1. The number of benzene rings is 1. The van der Waals surface area contributed by atoms with Crippen LogP contribution in [0.5, 0.6) is 0 Å². The Kier molecular flexibility index (Phi) is 2.72. The Morgan fingerprint density at radius 2 is 1.55 bits per heavy atom. The Hall–Kier alpha value is -1.27. The molecule has 1 atom stereocenters. The number of carbonyl (C=O) groups is 1. The van der Waals surface area contributed by atoms with Crippen LogP contribution in [-0.4, -0.2) is 32.7 Å². The maximum absolute atomic E-state index is 11.6. The van der Waals surface area contributed by atoms with Crippen molar-refractivity contribution >= 4 is 6.29 Å². The molecule has 4 rings (SSSR count). The van der Waals surface area contributed by atoms with Crippen LogP contribution in [0.1, 0.15) is 17.5 Å². The van der Waals surface area contributed by atoms with Gasteiger partial charge in [-0.05, 0) is 0 Å². The third-order valence-electron chi connectivity index (χ3n) is 4.32. The lowest BCUT2D eigenvalue weighted by molar-refractivity contribution is -0.257. The first-order chi connectivity index (χ1) is 9.81. The molecule has 0 radical (unpaired) electrons. The highest BCUT2D eigenvalue weighted by atomic mass is 16.8. The lowest BCUT2D eigenvalue weighted by Crippen LogP contribution is -2.49. The summed E-state index contributed by atoms with van der Waals surface area (Å²) >= 11 is 0. The van der Waals surface area contributed by atoms with E-state index in [4.69, 9.17) is 18.9 Å². The van der Waals surface area contributed by atoms with Crippen molar-refractivity contribution in [1.82, 2.24) is 0 Å². The molecule has 2 heterocycles. The highest BCUT2D eigenvalue weighted by Gasteiger charge is 2.58. The molecular formula is C15H16O5. The first-order valence-corrected chi connectivity index (χ1v) is 6.92. The maximum Gasteiger partial charge on any atom is 0.205 e. The molecule has 1 aromatic carbocycles. The first kappa shape index (κ1) is 12.5. The van der Waals surface area contributed by atoms with Crippen molar-refractivity contribution < 1.29 is 23.7 Å². The van der Waals surface area contributed by atoms with Crippen LogP contribution in [0, 0.1) is 5.92 Å². The van der Waals surface area contributed by atoms with Gasteiger partial charge in [0.2, 0.25) is 5.79 Å². The van der Waals surface area contributed by atoms with Gasteiger partial charge in [-0.15, -0.1) is 0 Å². The summed E-state index contributed by atoms with van der Waals surface area (Å²) in [5, 5.41) is 0. The van der Waals surface area contributed by atoms with Crippen molar-refractivity contribution in [3.05, 3.63) is 35.4 Å². The lowest BCUT2D eigenvalue weighted by Gasteiger charge is -2.45. The van der Waals surface area contributed by atoms with Gasteiger partial charge in [-0.2, -0.15) is 0 Å². The fraction of sp³-hybridized carbons (Fsp3) is 0.533. The van der Waals surface area contributed by atoms with Crippen molar-refractivity contribution in [3.63, 3.8) is 0 Å². The number of rotatable bonds is 1. The molecule has 2 aliphatic heterocycles. The fourth-order valence-corrected chi connectivity index (χ4v) is 3.52. The minimum absolute atomic E-state index is 0.424. The Morgan fingerprint density at radius 1 is 0.950 bits per heavy atom. The molecular weight excluding hydrogens is 260 g/mol. The van der Waals surface area contributed by atoms with E-state index in [1.54, 1.807) is 0 Å². The summed E-state index contributed by atoms with van der Waals surface area (Å²) in [4.78, 5) is 11.6. The van der Waals surface area contributed by atoms with Crippen molar-refractivity contribution in [3.8, 4) is 0 Å². The zero-order valence-corrected chi connectivity index (χ0v) is 11.0. The predicted molar refractivity (Wildman–Crippen MR) is 67.8 cm³/mol. The average Bonchev–Trinajstić information content (AvgIpc) is 3.15. The molecule has 3 aliphatic rings. The van der Waals surface area contributed by atoms with Crippen LogP contribution in [0.25, 0.3) is 0 Å². The Labute approximate surface area is 116 Å². The van der Waals surface area contributed by atoms with E-state index in [1.807, 2.05) is 24.3 Å². The van der Waals surface area contributed by atoms with Crippen LogP contribution in [0.4, 0.5) is 0 Å². The van der Waals surface area contributed by atoms with E-state index in [0.717, 1.165) is 17.4 Å². The Balaban J connectivity index is 1.92. The second-order valence-corrected chi connectivity index (χ2v) is 5.31. The van der Waals surface area contributed by atoms with Gasteiger partial charge in [0, 0.05) is 17.5 Å². The number of fused-ring (bicyclic) bond motifs is 3. The van der Waals surface area contributed by atoms with E-state index in [0.29, 0.717) is 32.8 Å². The molecule has 20 heavy (non-hydrogen) atoms. The molecule has 0 unspecified atom stereocenters. The molecule has 2 spiro atoms. The predicted octanol–water partition coefficient (Wildman–Crippen LogP) is 1.30. The van der Waals surface area contributed by atoms with Crippen molar-refractivity contribution in [2.24, 2.45) is 5.92 Å². The third-order valence-corrected chi connectivity index (χ3v) is 4.32. The van der Waals surface area contributed by atoms with Gasteiger partial charge in [0.25, 0.3) is 0 Å². The van der Waals surface area contributed by atoms with E-state index in [-0.39, 0.29) is 0 Å². The minimum atomic E-state index is -0.973. The highest BCUT2D eigenvalue weighted by molar-refractivity contribution is 5.59. The molecule has 0 saturated carbocycles. The fourth-order valence-electron chi connectivity index (χ4n) is 3.52. The standard InChI is InChI=1S/C15H16O5/c16-10-11-9-14(17-5-6-18-14)12-3-1-2-4-13(12)15(11)19-7-8-20-15/h1-4,10-11H,5-9H2/t11-/m1/s1. The van der Waals surface area contributed by atoms with Crippen LogP contribution in [0.2, 0.25) is 0 Å². The van der Waals surface area contributed by atoms with E-state index >= 15 is 0 Å². The number of hydrogen-bond donors (Lipinski definition) is 0. The average molecular weight is 276 g/mol. The molecule has 0 N–H and O–H groups in total. The molecule has 0 aromatic heterocycles. The van der Waals surface area contributed by atoms with Crippen LogP contribution >= 0.6 is 0 Å². The second kappa shape index (κ2) is 4.36. The monoisotopic (exact) mass is 276 g/mol. The molecule has 1 aliphatic carbocycles. The topological polar surface area (TPSA) is 54.0 Å². The van der Waals surface area contributed by atoms with Gasteiger partial charge >= 0.3 is 0 Å². The molecule has 5 nitrogen and oxygen atoms in total. The smallest absolute Gasteiger partial charge is 0.205 e. The van der Waals surface area contributed by atoms with Gasteiger partial charge in [0.1, 0.15) is 6.29 Å². The normalized spacial score (nSPS) is 29.7. The third kappa shape index (κ3) is 1.49. The molecule has 5 heteroatoms. The van der Waals surface area contributed by atoms with E-state index in [9.17, 15) is 4.79 Å². The summed E-state index contributed by atoms with van der Waals surface area (Å²) in [6.45, 7) is 2.06. The van der Waals surface area contributed by atoms with Gasteiger partial charge in [-0.25, -0.2) is 0 Å². The van der Waals surface area contributed by atoms with E-state index in [1.165, 1.54) is 0 Å². The molecule has 106 valence electrons. The van der Waals surface area contributed by atoms with Gasteiger partial charge in [-0.3, -0.25) is 0 Å². The molecule has 1 aromatic rings. The van der Waals surface area contributed by atoms with Gasteiger partial charge < -0.3 is 23.7 Å². The van der Waals surface area contributed by atoms with Crippen LogP contribution in [0.3, 0.4) is 0 Å². The Bertz CT molecular complexity index is 529. The van der Waals surface area contributed by atoms with Gasteiger partial charge in [0.05, 0.1) is 32.3 Å². The molecule has 2 saturated heterocycles. The van der Waals surface area contributed by atoms with Crippen LogP contribution in [-0.2, 0) is 35.3 Å². The largest absolute Gasteiger partial charge is 0.343 e. The second-order valence-electron chi connectivity index (χ2n) is 5.31. The maximum atomic E-state index is 11.6. The summed E-state index contributed by atoms with van der Waals surface area (Å²) in [6, 6.07) is 7.76. The van der Waals surface area contributed by atoms with Crippen molar-refractivity contribution in [2.45, 2.75) is 18.0 Å². The number of hydrogen-bond acceptors (Lipinski definition) is 5. The molecule has 0 bridgehead atoms. The van der Waals surface area contributed by atoms with E-state index < -0.39 is 17.5 Å². The van der Waals surface area contributed by atoms with Gasteiger partial charge in [0.15, 0.2) is 5.79 Å². The van der Waals surface area contributed by atoms with Crippen molar-refractivity contribution in [2.75, 3.05) is 26.4 Å². The Morgan fingerprint density at radius 3 is 2.20 bits per heavy atom. The zero-order valence-electron chi connectivity index (χ0n) is 11.0. The SMILES string of the molecule is O=C[C@H]1CC2(OCCO2)c2ccccc2C12OCCO2. The minimum Gasteiger partial charge on any atom is -0.343 e. The summed E-state index contributed by atoms with van der Waals surface area (Å²) in [5.74, 6) is -2.24. The van der Waals surface area contributed by atoms with Crippen LogP contribution < -0.4 is 0 Å². The quantitative estimate of drug-likeness (QED) is 0.724. The summed E-state index contributed by atoms with van der Waals surface area (Å²) < 4.78 is 23.4. The summed E-state index contributed by atoms with van der Waals surface area (Å²) in [6.07, 6.45) is 1.32. The highest BCUT2D eigenvalue weighted by Crippen LogP contribution is 2.53. The molecule has 2 fully saturated rings. The first-order valence-electron chi connectivity index (χ1n) is 6.92. The summed E-state index contributed by atoms with van der Waals surface area (Å²) in [5.41, 5.74) is 1.76. The molecule has 0 amide bonds. The van der Waals surface area contributed by atoms with Crippen LogP contribution in [0.15, 0.2) is 24.3 Å². The zero-order chi connectivity index (χ0) is 13.6. The van der Waals surface area contributed by atoms with E-state index in [2.05, 4.69) is 0 Å². The van der Waals surface area contributed by atoms with Crippen molar-refractivity contribution in [1.29, 1.82) is 0 Å². The number of carbonyl (C=O) groups excluding carboxylic acids is 1. The summed E-state index contributed by atoms with van der Waals surface area (Å²) in [7, 11) is 0. The lowest BCUT2D eigenvalue weighted by atomic mass is 9.75. The van der Waals surface area contributed by atoms with Gasteiger partial charge in [-0.1, -0.05) is 24.3 Å². The number of ether oxygens (including phenoxy) is 4.